The fourth-order valence-electron chi connectivity index (χ4n) is 1.28. The zero-order chi connectivity index (χ0) is 13.9. The lowest BCUT2D eigenvalue weighted by molar-refractivity contribution is 0.180. The first kappa shape index (κ1) is 15.6. The van der Waals surface area contributed by atoms with Gasteiger partial charge in [0, 0.05) is 20.4 Å². The summed E-state index contributed by atoms with van der Waals surface area (Å²) in [4.78, 5) is 8.51. The van der Waals surface area contributed by atoms with Crippen LogP contribution in [-0.4, -0.2) is 38.8 Å². The number of ether oxygens (including phenoxy) is 1. The fraction of sp³-hybridized carbons (Fsp3) is 0.600. The number of nitrogens with one attached hydrogen (secondary N) is 1. The maximum Gasteiger partial charge on any atom is 0.157 e. The summed E-state index contributed by atoms with van der Waals surface area (Å²) in [6.07, 6.45) is 1.17. The van der Waals surface area contributed by atoms with Gasteiger partial charge in [-0.3, -0.25) is 0 Å². The van der Waals surface area contributed by atoms with Gasteiger partial charge in [0.25, 0.3) is 0 Å². The molecule has 1 heterocycles. The quantitative estimate of drug-likeness (QED) is 0.772. The summed E-state index contributed by atoms with van der Waals surface area (Å²) in [6, 6.07) is 0. The summed E-state index contributed by atoms with van der Waals surface area (Å²) in [5.41, 5.74) is 0.683. The molecular weight excluding hydrogens is 369 g/mol. The summed E-state index contributed by atoms with van der Waals surface area (Å²) in [5, 5.41) is 2.19. The third-order valence-electron chi connectivity index (χ3n) is 2.46. The van der Waals surface area contributed by atoms with Crippen molar-refractivity contribution in [2.45, 2.75) is 18.8 Å². The van der Waals surface area contributed by atoms with Gasteiger partial charge in [0.05, 0.1) is 15.9 Å². The van der Waals surface area contributed by atoms with Crippen LogP contribution in [0.1, 0.15) is 23.7 Å². The molecule has 1 aromatic rings. The van der Waals surface area contributed by atoms with Gasteiger partial charge in [-0.1, -0.05) is 0 Å². The Morgan fingerprint density at radius 1 is 1.44 bits per heavy atom. The molecule has 1 aromatic heterocycles. The minimum atomic E-state index is -3.22. The van der Waals surface area contributed by atoms with Crippen LogP contribution in [0.15, 0.2) is 0 Å². The number of nitrogens with zero attached hydrogens (tertiary/aromatic N) is 2. The van der Waals surface area contributed by atoms with E-state index >= 15 is 0 Å². The van der Waals surface area contributed by atoms with E-state index in [0.717, 1.165) is 3.57 Å². The van der Waals surface area contributed by atoms with Crippen molar-refractivity contribution in [2.24, 2.45) is 0 Å². The second kappa shape index (κ2) is 6.11. The molecule has 0 aliphatic rings. The fourth-order valence-corrected chi connectivity index (χ4v) is 2.44. The maximum absolute atomic E-state index is 11.6. The van der Waals surface area contributed by atoms with Crippen molar-refractivity contribution >= 4 is 38.2 Å². The van der Waals surface area contributed by atoms with Crippen LogP contribution in [0.5, 0.6) is 0 Å². The smallest absolute Gasteiger partial charge is 0.157 e. The van der Waals surface area contributed by atoms with Gasteiger partial charge in [-0.2, -0.15) is 0 Å². The van der Waals surface area contributed by atoms with Crippen molar-refractivity contribution in [2.75, 3.05) is 25.7 Å². The molecule has 8 heteroatoms. The molecule has 0 saturated carbocycles. The normalized spacial score (nSPS) is 13.4. The van der Waals surface area contributed by atoms with Crippen LogP contribution in [-0.2, 0) is 21.2 Å². The Kier molecular flexibility index (Phi) is 5.29. The third kappa shape index (κ3) is 3.51. The van der Waals surface area contributed by atoms with E-state index < -0.39 is 15.1 Å². The van der Waals surface area contributed by atoms with Crippen LogP contribution in [0.25, 0.3) is 0 Å². The van der Waals surface area contributed by atoms with Gasteiger partial charge >= 0.3 is 0 Å². The summed E-state index contributed by atoms with van der Waals surface area (Å²) in [5.74, 6) is 0.900. The SMILES string of the molecule is CNc1nc(C(C)S(C)(=O)=O)nc(COC)c1I. The molecule has 0 aliphatic carbocycles. The Morgan fingerprint density at radius 3 is 2.50 bits per heavy atom. The molecule has 0 aromatic carbocycles. The van der Waals surface area contributed by atoms with Gasteiger partial charge in [-0.05, 0) is 29.5 Å². The summed E-state index contributed by atoms with van der Waals surface area (Å²) in [6.45, 7) is 1.90. The van der Waals surface area contributed by atoms with Crippen LogP contribution < -0.4 is 5.32 Å². The molecule has 6 nitrogen and oxygen atoms in total. The van der Waals surface area contributed by atoms with Gasteiger partial charge in [0.1, 0.15) is 16.9 Å². The highest BCUT2D eigenvalue weighted by Gasteiger charge is 2.23. The van der Waals surface area contributed by atoms with Gasteiger partial charge in [0.2, 0.25) is 0 Å². The van der Waals surface area contributed by atoms with E-state index in [2.05, 4.69) is 37.9 Å². The highest BCUT2D eigenvalue weighted by Crippen LogP contribution is 2.24. The van der Waals surface area contributed by atoms with Gasteiger partial charge in [0.15, 0.2) is 9.84 Å². The van der Waals surface area contributed by atoms with E-state index in [1.807, 2.05) is 0 Å². The Hall–Kier alpha value is -0.480. The number of sulfone groups is 1. The van der Waals surface area contributed by atoms with E-state index in [1.54, 1.807) is 21.1 Å². The average molecular weight is 385 g/mol. The molecule has 1 atom stereocenters. The van der Waals surface area contributed by atoms with E-state index in [9.17, 15) is 8.42 Å². The van der Waals surface area contributed by atoms with E-state index in [-0.39, 0.29) is 5.82 Å². The average Bonchev–Trinajstić information content (AvgIpc) is 2.30. The zero-order valence-electron chi connectivity index (χ0n) is 10.7. The topological polar surface area (TPSA) is 81.2 Å². The molecular formula is C10H16IN3O3S. The molecule has 0 saturated heterocycles. The van der Waals surface area contributed by atoms with Crippen LogP contribution in [0.3, 0.4) is 0 Å². The number of rotatable bonds is 5. The number of anilines is 1. The van der Waals surface area contributed by atoms with Crippen LogP contribution in [0, 0.1) is 3.57 Å². The summed E-state index contributed by atoms with van der Waals surface area (Å²) in [7, 11) is 0.0770. The van der Waals surface area contributed by atoms with E-state index in [1.165, 1.54) is 6.26 Å². The first-order valence-electron chi connectivity index (χ1n) is 5.23. The van der Waals surface area contributed by atoms with Crippen molar-refractivity contribution < 1.29 is 13.2 Å². The molecule has 1 rings (SSSR count). The molecule has 0 spiro atoms. The molecule has 18 heavy (non-hydrogen) atoms. The van der Waals surface area contributed by atoms with Crippen LogP contribution in [0.4, 0.5) is 5.82 Å². The van der Waals surface area contributed by atoms with Gasteiger partial charge in [-0.25, -0.2) is 18.4 Å². The van der Waals surface area contributed by atoms with Crippen molar-refractivity contribution in [1.29, 1.82) is 0 Å². The molecule has 0 fully saturated rings. The number of aromatic nitrogens is 2. The first-order valence-corrected chi connectivity index (χ1v) is 8.26. The van der Waals surface area contributed by atoms with Crippen molar-refractivity contribution in [3.8, 4) is 0 Å². The van der Waals surface area contributed by atoms with Crippen LogP contribution >= 0.6 is 22.6 Å². The molecule has 0 aliphatic heterocycles. The predicted octanol–water partition coefficient (Wildman–Crippen LogP) is 1.37. The number of methoxy groups -OCH3 is 1. The number of hydrogen-bond donors (Lipinski definition) is 1. The van der Waals surface area contributed by atoms with Crippen molar-refractivity contribution in [1.82, 2.24) is 9.97 Å². The molecule has 0 amide bonds. The van der Waals surface area contributed by atoms with Crippen molar-refractivity contribution in [3.63, 3.8) is 0 Å². The zero-order valence-corrected chi connectivity index (χ0v) is 13.7. The standard InChI is InChI=1S/C10H16IN3O3S/c1-6(18(4,15)16)9-13-7(5-17-3)8(11)10(12-2)14-9/h6H,5H2,1-4H3,(H,12,13,14). The molecule has 102 valence electrons. The predicted molar refractivity (Wildman–Crippen MR) is 78.3 cm³/mol. The Bertz CT molecular complexity index is 533. The summed E-state index contributed by atoms with van der Waals surface area (Å²) >= 11 is 2.11. The Morgan fingerprint density at radius 2 is 2.06 bits per heavy atom. The first-order chi connectivity index (χ1) is 8.31. The molecule has 0 bridgehead atoms. The van der Waals surface area contributed by atoms with Crippen molar-refractivity contribution in [3.05, 3.63) is 15.1 Å². The largest absolute Gasteiger partial charge is 0.378 e. The molecule has 1 N–H and O–H groups in total. The van der Waals surface area contributed by atoms with E-state index in [0.29, 0.717) is 18.1 Å². The lowest BCUT2D eigenvalue weighted by Crippen LogP contribution is -2.15. The second-order valence-electron chi connectivity index (χ2n) is 3.85. The molecule has 1 unspecified atom stereocenters. The van der Waals surface area contributed by atoms with Gasteiger partial charge < -0.3 is 10.1 Å². The minimum absolute atomic E-state index is 0.286. The van der Waals surface area contributed by atoms with Gasteiger partial charge in [-0.15, -0.1) is 0 Å². The lowest BCUT2D eigenvalue weighted by Gasteiger charge is -2.13. The minimum Gasteiger partial charge on any atom is -0.378 e. The van der Waals surface area contributed by atoms with Crippen LogP contribution in [0.2, 0.25) is 0 Å². The number of hydrogen-bond acceptors (Lipinski definition) is 6. The Balaban J connectivity index is 3.34. The second-order valence-corrected chi connectivity index (χ2v) is 7.29. The molecule has 0 radical (unpaired) electrons. The summed E-state index contributed by atoms with van der Waals surface area (Å²) < 4.78 is 29.0. The third-order valence-corrected chi connectivity index (χ3v) is 5.09. The lowest BCUT2D eigenvalue weighted by atomic mass is 10.3. The Labute approximate surface area is 121 Å². The van der Waals surface area contributed by atoms with E-state index in [4.69, 9.17) is 4.74 Å². The maximum atomic E-state index is 11.6. The highest BCUT2D eigenvalue weighted by molar-refractivity contribution is 14.1. The highest BCUT2D eigenvalue weighted by atomic mass is 127. The number of halogens is 1. The monoisotopic (exact) mass is 385 g/mol.